The van der Waals surface area contributed by atoms with Crippen LogP contribution in [0.2, 0.25) is 0 Å². The van der Waals surface area contributed by atoms with Gasteiger partial charge in [0.15, 0.2) is 6.10 Å². The molecule has 0 heterocycles. The maximum Gasteiger partial charge on any atom is 0.306 e. The Balaban J connectivity index is 4.00. The van der Waals surface area contributed by atoms with Gasteiger partial charge in [-0.25, -0.2) is 0 Å². The molecule has 5 atom stereocenters. The molecule has 0 saturated heterocycles. The van der Waals surface area contributed by atoms with Gasteiger partial charge in [0.1, 0.15) is 6.61 Å². The zero-order chi connectivity index (χ0) is 34.3. The van der Waals surface area contributed by atoms with Crippen LogP contribution in [0.15, 0.2) is 48.6 Å². The van der Waals surface area contributed by atoms with Crippen molar-refractivity contribution in [1.29, 1.82) is 0 Å². The lowest BCUT2D eigenvalue weighted by Gasteiger charge is -2.17. The van der Waals surface area contributed by atoms with E-state index < -0.39 is 37.0 Å². The Kier molecular flexibility index (Phi) is 29.8. The summed E-state index contributed by atoms with van der Waals surface area (Å²) < 4.78 is 10.4. The van der Waals surface area contributed by atoms with Crippen LogP contribution < -0.4 is 0 Å². The van der Waals surface area contributed by atoms with Crippen LogP contribution in [0.5, 0.6) is 0 Å². The van der Waals surface area contributed by atoms with Gasteiger partial charge in [0.05, 0.1) is 24.9 Å². The third kappa shape index (κ3) is 28.0. The van der Waals surface area contributed by atoms with E-state index in [1.54, 1.807) is 36.5 Å². The van der Waals surface area contributed by atoms with Crippen molar-refractivity contribution in [1.82, 2.24) is 0 Å². The third-order valence-electron chi connectivity index (χ3n) is 8.03. The molecule has 0 amide bonds. The van der Waals surface area contributed by atoms with E-state index in [0.29, 0.717) is 6.42 Å². The van der Waals surface area contributed by atoms with Crippen LogP contribution >= 0.6 is 0 Å². The largest absolute Gasteiger partial charge is 0.462 e. The van der Waals surface area contributed by atoms with E-state index >= 15 is 0 Å². The number of esters is 2. The average molecular weight is 651 g/mol. The van der Waals surface area contributed by atoms with Crippen LogP contribution in [-0.4, -0.2) is 70.0 Å². The summed E-state index contributed by atoms with van der Waals surface area (Å²) in [5.74, 6) is -0.0948. The second kappa shape index (κ2) is 31.3. The van der Waals surface area contributed by atoms with Crippen LogP contribution in [0.3, 0.4) is 0 Å². The van der Waals surface area contributed by atoms with Gasteiger partial charge in [0, 0.05) is 12.8 Å². The summed E-state index contributed by atoms with van der Waals surface area (Å²) in [6, 6.07) is 0. The van der Waals surface area contributed by atoms with Crippen LogP contribution in [-0.2, 0) is 19.1 Å². The number of carbonyl (C=O) groups excluding carboxylic acids is 2. The van der Waals surface area contributed by atoms with Gasteiger partial charge in [-0.3, -0.25) is 9.59 Å². The molecule has 46 heavy (non-hydrogen) atoms. The highest BCUT2D eigenvalue weighted by Crippen LogP contribution is 2.15. The van der Waals surface area contributed by atoms with Crippen LogP contribution in [0.25, 0.3) is 0 Å². The molecule has 1 unspecified atom stereocenters. The molecule has 0 aliphatic rings. The average Bonchev–Trinajstić information content (AvgIpc) is 3.04. The summed E-state index contributed by atoms with van der Waals surface area (Å²) in [5.41, 5.74) is 0. The second-order valence-corrected chi connectivity index (χ2v) is 12.4. The smallest absolute Gasteiger partial charge is 0.306 e. The van der Waals surface area contributed by atoms with Crippen molar-refractivity contribution < 1.29 is 39.5 Å². The number of hydrogen-bond acceptors (Lipinski definition) is 8. The number of aliphatic hydroxyl groups is 4. The first kappa shape index (κ1) is 43.7. The Morgan fingerprint density at radius 1 is 0.652 bits per heavy atom. The predicted octanol–water partition coefficient (Wildman–Crippen LogP) is 7.44. The molecular weight excluding hydrogens is 584 g/mol. The second-order valence-electron chi connectivity index (χ2n) is 12.4. The maximum absolute atomic E-state index is 12.2. The molecule has 0 fully saturated rings. The Morgan fingerprint density at radius 2 is 1.22 bits per heavy atom. The van der Waals surface area contributed by atoms with E-state index in [1.807, 2.05) is 6.08 Å². The van der Waals surface area contributed by atoms with E-state index in [0.717, 1.165) is 50.9 Å². The van der Waals surface area contributed by atoms with E-state index in [2.05, 4.69) is 20.8 Å². The molecule has 0 saturated carbocycles. The van der Waals surface area contributed by atoms with Crippen LogP contribution in [0.1, 0.15) is 136 Å². The molecule has 0 aromatic heterocycles. The zero-order valence-electron chi connectivity index (χ0n) is 29.1. The van der Waals surface area contributed by atoms with Gasteiger partial charge in [0.2, 0.25) is 0 Å². The quantitative estimate of drug-likeness (QED) is 0.0358. The normalized spacial score (nSPS) is 15.5. The van der Waals surface area contributed by atoms with Crippen molar-refractivity contribution in [2.24, 2.45) is 5.92 Å². The first-order valence-electron chi connectivity index (χ1n) is 17.9. The highest BCUT2D eigenvalue weighted by Gasteiger charge is 2.18. The Labute approximate surface area is 279 Å². The van der Waals surface area contributed by atoms with E-state index in [4.69, 9.17) is 9.47 Å². The first-order chi connectivity index (χ1) is 22.2. The zero-order valence-corrected chi connectivity index (χ0v) is 29.1. The number of hydrogen-bond donors (Lipinski definition) is 4. The van der Waals surface area contributed by atoms with Gasteiger partial charge in [-0.15, -0.1) is 0 Å². The van der Waals surface area contributed by atoms with Gasteiger partial charge in [0.25, 0.3) is 0 Å². The number of ether oxygens (including phenoxy) is 2. The molecule has 8 heteroatoms. The molecule has 0 bridgehead atoms. The van der Waals surface area contributed by atoms with Crippen LogP contribution in [0.4, 0.5) is 0 Å². The van der Waals surface area contributed by atoms with Gasteiger partial charge in [-0.2, -0.15) is 0 Å². The van der Waals surface area contributed by atoms with Crippen molar-refractivity contribution in [3.8, 4) is 0 Å². The lowest BCUT2D eigenvalue weighted by molar-refractivity contribution is -0.161. The maximum atomic E-state index is 12.2. The predicted molar refractivity (Wildman–Crippen MR) is 186 cm³/mol. The van der Waals surface area contributed by atoms with E-state index in [1.165, 1.54) is 51.0 Å². The molecular formula is C38H66O8. The van der Waals surface area contributed by atoms with E-state index in [9.17, 15) is 30.0 Å². The number of carbonyl (C=O) groups is 2. The fourth-order valence-electron chi connectivity index (χ4n) is 4.74. The summed E-state index contributed by atoms with van der Waals surface area (Å²) in [4.78, 5) is 24.2. The van der Waals surface area contributed by atoms with Crippen molar-refractivity contribution in [3.63, 3.8) is 0 Å². The monoisotopic (exact) mass is 650 g/mol. The highest BCUT2D eigenvalue weighted by molar-refractivity contribution is 5.70. The molecule has 0 aliphatic heterocycles. The Bertz CT molecular complexity index is 850. The minimum Gasteiger partial charge on any atom is -0.462 e. The first-order valence-corrected chi connectivity index (χ1v) is 17.9. The van der Waals surface area contributed by atoms with Gasteiger partial charge in [-0.05, 0) is 31.6 Å². The van der Waals surface area contributed by atoms with Crippen molar-refractivity contribution in [2.45, 2.75) is 161 Å². The molecule has 4 N–H and O–H groups in total. The number of allylic oxidation sites excluding steroid dienone is 6. The molecule has 0 aromatic rings. The van der Waals surface area contributed by atoms with Crippen molar-refractivity contribution in [2.75, 3.05) is 13.2 Å². The summed E-state index contributed by atoms with van der Waals surface area (Å²) in [6.45, 7) is 6.04. The molecule has 266 valence electrons. The number of rotatable bonds is 30. The molecule has 0 aliphatic carbocycles. The molecule has 0 rings (SSSR count). The van der Waals surface area contributed by atoms with Crippen molar-refractivity contribution >= 4 is 11.9 Å². The van der Waals surface area contributed by atoms with Gasteiger partial charge >= 0.3 is 11.9 Å². The topological polar surface area (TPSA) is 134 Å². The fraction of sp³-hybridized carbons (Fsp3) is 0.737. The SMILES string of the molecule is CCCCC[C@H](O)/C=C/C=C\C=C\C=C\[C@H](O)[C@@H](O)CCCC(=O)O[C@@H](CO)COC(=O)CCCCCCCCCCC(C)CC. The molecule has 0 radical (unpaired) electrons. The van der Waals surface area contributed by atoms with Crippen LogP contribution in [0, 0.1) is 5.92 Å². The number of aliphatic hydroxyl groups excluding tert-OH is 4. The molecule has 0 aromatic carbocycles. The summed E-state index contributed by atoms with van der Waals surface area (Å²) in [6.07, 6.45) is 26.8. The minimum atomic E-state index is -1.09. The number of unbranched alkanes of at least 4 members (excludes halogenated alkanes) is 9. The van der Waals surface area contributed by atoms with Gasteiger partial charge < -0.3 is 29.9 Å². The summed E-state index contributed by atoms with van der Waals surface area (Å²) >= 11 is 0. The van der Waals surface area contributed by atoms with Crippen molar-refractivity contribution in [3.05, 3.63) is 48.6 Å². The highest BCUT2D eigenvalue weighted by atomic mass is 16.6. The molecule has 0 spiro atoms. The fourth-order valence-corrected chi connectivity index (χ4v) is 4.74. The minimum absolute atomic E-state index is 0.00131. The standard InChI is InChI=1S/C38H66O8/c1-4-6-17-24-33(40)25-19-14-11-12-15-20-26-35(41)36(42)27-22-29-38(44)46-34(30-39)31-45-37(43)28-21-16-10-8-7-9-13-18-23-32(3)5-2/h11-12,14-15,19-20,25-26,32-36,39-42H,4-10,13,16-18,21-24,27-31H2,1-3H3/b14-11-,15-12+,25-19+,26-20+/t32?,33-,34-,35-,36-/m0/s1. The summed E-state index contributed by atoms with van der Waals surface area (Å²) in [7, 11) is 0. The molecule has 8 nitrogen and oxygen atoms in total. The summed E-state index contributed by atoms with van der Waals surface area (Å²) in [5, 5.41) is 39.6. The Morgan fingerprint density at radius 3 is 1.85 bits per heavy atom. The lowest BCUT2D eigenvalue weighted by Crippen LogP contribution is -2.29. The van der Waals surface area contributed by atoms with E-state index in [-0.39, 0.29) is 31.8 Å². The third-order valence-corrected chi connectivity index (χ3v) is 8.03. The van der Waals surface area contributed by atoms with Gasteiger partial charge in [-0.1, -0.05) is 146 Å². The Hall–Kier alpha value is -2.26. The lowest BCUT2D eigenvalue weighted by atomic mass is 9.99.